The van der Waals surface area contributed by atoms with E-state index in [0.717, 1.165) is 6.08 Å². The number of carboxylic acids is 1. The van der Waals surface area contributed by atoms with Crippen molar-refractivity contribution in [2.45, 2.75) is 12.2 Å². The quantitative estimate of drug-likeness (QED) is 0.697. The molecule has 0 bridgehead atoms. The predicted octanol–water partition coefficient (Wildman–Crippen LogP) is 1.67. The zero-order valence-electron chi connectivity index (χ0n) is 11.8. The first-order chi connectivity index (χ1) is 9.88. The third kappa shape index (κ3) is 6.71. The molecule has 3 N–H and O–H groups in total. The fourth-order valence-corrected chi connectivity index (χ4v) is 1.73. The van der Waals surface area contributed by atoms with Crippen LogP contribution in [0.1, 0.15) is 12.5 Å². The maximum atomic E-state index is 11.7. The van der Waals surface area contributed by atoms with E-state index in [1.807, 2.05) is 0 Å². The Labute approximate surface area is 125 Å². The zero-order valence-corrected chi connectivity index (χ0v) is 12.6. The molecule has 0 saturated carbocycles. The number of carbonyl (C=O) groups is 2. The van der Waals surface area contributed by atoms with Gasteiger partial charge in [-0.3, -0.25) is 4.21 Å². The Balaban J connectivity index is 2.58. The van der Waals surface area contributed by atoms with E-state index in [0.29, 0.717) is 17.8 Å². The summed E-state index contributed by atoms with van der Waals surface area (Å²) in [5.41, 5.74) is 1.21. The normalized spacial score (nSPS) is 13.6. The molecule has 0 aromatic heterocycles. The monoisotopic (exact) mass is 310 g/mol. The smallest absolute Gasteiger partial charge is 0.328 e. The van der Waals surface area contributed by atoms with E-state index in [2.05, 4.69) is 10.6 Å². The van der Waals surface area contributed by atoms with Gasteiger partial charge in [-0.1, -0.05) is 12.1 Å². The lowest BCUT2D eigenvalue weighted by molar-refractivity contribution is -0.131. The van der Waals surface area contributed by atoms with Crippen LogP contribution in [0.25, 0.3) is 6.08 Å². The molecule has 7 heteroatoms. The highest BCUT2D eigenvalue weighted by atomic mass is 32.2. The third-order valence-electron chi connectivity index (χ3n) is 2.68. The second-order valence-electron chi connectivity index (χ2n) is 4.44. The average Bonchev–Trinajstić information content (AvgIpc) is 2.42. The van der Waals surface area contributed by atoms with E-state index in [-0.39, 0.29) is 5.25 Å². The molecule has 2 atom stereocenters. The number of anilines is 1. The van der Waals surface area contributed by atoms with E-state index in [1.54, 1.807) is 37.4 Å². The Morgan fingerprint density at radius 1 is 1.43 bits per heavy atom. The van der Waals surface area contributed by atoms with E-state index in [4.69, 9.17) is 5.11 Å². The third-order valence-corrected chi connectivity index (χ3v) is 3.98. The molecule has 0 aliphatic rings. The molecule has 0 heterocycles. The highest BCUT2D eigenvalue weighted by Gasteiger charge is 2.08. The maximum Gasteiger partial charge on any atom is 0.328 e. The molecule has 2 unspecified atom stereocenters. The lowest BCUT2D eigenvalue weighted by Gasteiger charge is -2.11. The minimum absolute atomic E-state index is 0.124. The fraction of sp³-hybridized carbons (Fsp3) is 0.286. The van der Waals surface area contributed by atoms with E-state index in [1.165, 1.54) is 6.08 Å². The topological polar surface area (TPSA) is 95.5 Å². The van der Waals surface area contributed by atoms with Crippen LogP contribution in [-0.2, 0) is 15.6 Å². The number of nitrogens with one attached hydrogen (secondary N) is 2. The van der Waals surface area contributed by atoms with Crippen LogP contribution in [0.2, 0.25) is 0 Å². The molecule has 21 heavy (non-hydrogen) atoms. The van der Waals surface area contributed by atoms with Crippen molar-refractivity contribution in [2.75, 3.05) is 18.1 Å². The van der Waals surface area contributed by atoms with Crippen LogP contribution in [0.4, 0.5) is 10.5 Å². The van der Waals surface area contributed by atoms with Crippen LogP contribution in [0, 0.1) is 0 Å². The molecule has 0 aliphatic heterocycles. The van der Waals surface area contributed by atoms with Gasteiger partial charge in [-0.05, 0) is 30.7 Å². The van der Waals surface area contributed by atoms with E-state index < -0.39 is 22.8 Å². The van der Waals surface area contributed by atoms with Crippen molar-refractivity contribution < 1.29 is 18.9 Å². The average molecular weight is 310 g/mol. The molecule has 6 nitrogen and oxygen atoms in total. The first kappa shape index (κ1) is 16.9. The maximum absolute atomic E-state index is 11.7. The van der Waals surface area contributed by atoms with Crippen LogP contribution in [-0.4, -0.2) is 39.4 Å². The molecule has 0 aliphatic carbocycles. The van der Waals surface area contributed by atoms with Crippen LogP contribution in [0.5, 0.6) is 0 Å². The van der Waals surface area contributed by atoms with Gasteiger partial charge in [0.1, 0.15) is 0 Å². The first-order valence-corrected chi connectivity index (χ1v) is 7.88. The van der Waals surface area contributed by atoms with Gasteiger partial charge in [0.25, 0.3) is 0 Å². The lowest BCUT2D eigenvalue weighted by atomic mass is 10.2. The van der Waals surface area contributed by atoms with Crippen molar-refractivity contribution in [3.05, 3.63) is 35.9 Å². The number of amides is 2. The predicted molar refractivity (Wildman–Crippen MR) is 83.7 cm³/mol. The highest BCUT2D eigenvalue weighted by molar-refractivity contribution is 7.84. The van der Waals surface area contributed by atoms with Gasteiger partial charge in [-0.15, -0.1) is 0 Å². The van der Waals surface area contributed by atoms with Crippen molar-refractivity contribution in [1.29, 1.82) is 0 Å². The van der Waals surface area contributed by atoms with Gasteiger partial charge in [0.2, 0.25) is 0 Å². The summed E-state index contributed by atoms with van der Waals surface area (Å²) >= 11 is 0. The van der Waals surface area contributed by atoms with Crippen LogP contribution in [0.15, 0.2) is 30.3 Å². The molecule has 0 fully saturated rings. The number of urea groups is 1. The van der Waals surface area contributed by atoms with Crippen LogP contribution >= 0.6 is 0 Å². The minimum Gasteiger partial charge on any atom is -0.478 e. The molecule has 114 valence electrons. The summed E-state index contributed by atoms with van der Waals surface area (Å²) in [4.78, 5) is 22.1. The summed E-state index contributed by atoms with van der Waals surface area (Å²) in [6.07, 6.45) is 4.05. The first-order valence-electron chi connectivity index (χ1n) is 6.26. The van der Waals surface area contributed by atoms with Gasteiger partial charge in [0, 0.05) is 40.6 Å². The Bertz CT molecular complexity index is 572. The van der Waals surface area contributed by atoms with Crippen molar-refractivity contribution in [3.8, 4) is 0 Å². The molecular weight excluding hydrogens is 292 g/mol. The summed E-state index contributed by atoms with van der Waals surface area (Å²) in [7, 11) is -0.991. The fourth-order valence-electron chi connectivity index (χ4n) is 1.42. The zero-order chi connectivity index (χ0) is 15.8. The van der Waals surface area contributed by atoms with Gasteiger partial charge in [-0.2, -0.15) is 0 Å². The molecular formula is C14H18N2O4S. The summed E-state index contributed by atoms with van der Waals surface area (Å²) < 4.78 is 11.2. The van der Waals surface area contributed by atoms with Crippen molar-refractivity contribution in [2.24, 2.45) is 0 Å². The van der Waals surface area contributed by atoms with Gasteiger partial charge < -0.3 is 15.7 Å². The van der Waals surface area contributed by atoms with Crippen LogP contribution in [0.3, 0.4) is 0 Å². The standard InChI is InChI=1S/C14H18N2O4S/c1-10(21(2)20)9-15-14(19)16-12-5-3-4-11(8-12)6-7-13(17)18/h3-8,10H,9H2,1-2H3,(H,17,18)(H2,15,16,19)/b7-6+. The number of rotatable bonds is 6. The number of aliphatic carboxylic acids is 1. The Morgan fingerprint density at radius 2 is 2.14 bits per heavy atom. The molecule has 0 spiro atoms. The van der Waals surface area contributed by atoms with Crippen molar-refractivity contribution >= 4 is 34.6 Å². The summed E-state index contributed by atoms with van der Waals surface area (Å²) in [6.45, 7) is 2.10. The molecule has 1 aromatic carbocycles. The summed E-state index contributed by atoms with van der Waals surface area (Å²) in [6, 6.07) is 6.39. The number of carbonyl (C=O) groups excluding carboxylic acids is 1. The summed E-state index contributed by atoms with van der Waals surface area (Å²) in [5, 5.41) is 13.7. The highest BCUT2D eigenvalue weighted by Crippen LogP contribution is 2.11. The Hall–Kier alpha value is -2.15. The SMILES string of the molecule is CC(CNC(=O)Nc1cccc(/C=C/C(=O)O)c1)S(C)=O. The molecule has 0 radical (unpaired) electrons. The molecule has 1 rings (SSSR count). The molecule has 2 amide bonds. The second-order valence-corrected chi connectivity index (χ2v) is 6.24. The second kappa shape index (κ2) is 8.21. The van der Waals surface area contributed by atoms with Gasteiger partial charge in [0.15, 0.2) is 0 Å². The lowest BCUT2D eigenvalue weighted by Crippen LogP contribution is -2.35. The van der Waals surface area contributed by atoms with Crippen molar-refractivity contribution in [3.63, 3.8) is 0 Å². The number of hydrogen-bond donors (Lipinski definition) is 3. The van der Waals surface area contributed by atoms with Gasteiger partial charge >= 0.3 is 12.0 Å². The molecule has 0 saturated heterocycles. The number of hydrogen-bond acceptors (Lipinski definition) is 3. The van der Waals surface area contributed by atoms with Gasteiger partial charge in [0.05, 0.1) is 0 Å². The Kier molecular flexibility index (Phi) is 6.61. The number of carboxylic acid groups (broad SMARTS) is 1. The van der Waals surface area contributed by atoms with E-state index in [9.17, 15) is 13.8 Å². The van der Waals surface area contributed by atoms with Crippen molar-refractivity contribution in [1.82, 2.24) is 5.32 Å². The largest absolute Gasteiger partial charge is 0.478 e. The number of benzene rings is 1. The van der Waals surface area contributed by atoms with Crippen LogP contribution < -0.4 is 10.6 Å². The van der Waals surface area contributed by atoms with E-state index >= 15 is 0 Å². The van der Waals surface area contributed by atoms with Gasteiger partial charge in [-0.25, -0.2) is 9.59 Å². The minimum atomic E-state index is -1.03. The molecule has 1 aromatic rings. The summed E-state index contributed by atoms with van der Waals surface area (Å²) in [5.74, 6) is -1.03. The Morgan fingerprint density at radius 3 is 2.76 bits per heavy atom.